The van der Waals surface area contributed by atoms with Crippen LogP contribution in [0.2, 0.25) is 0 Å². The van der Waals surface area contributed by atoms with Crippen molar-refractivity contribution >= 4 is 17.7 Å². The number of thioether (sulfide) groups is 1. The van der Waals surface area contributed by atoms with E-state index in [9.17, 15) is 4.79 Å². The molecule has 0 bridgehead atoms. The van der Waals surface area contributed by atoms with Crippen molar-refractivity contribution in [2.45, 2.75) is 24.7 Å². The van der Waals surface area contributed by atoms with Crippen LogP contribution in [0.4, 0.5) is 0 Å². The highest BCUT2D eigenvalue weighted by Gasteiger charge is 2.10. The van der Waals surface area contributed by atoms with Crippen LogP contribution in [-0.2, 0) is 0 Å². The van der Waals surface area contributed by atoms with Crippen LogP contribution in [-0.4, -0.2) is 29.9 Å². The van der Waals surface area contributed by atoms with E-state index >= 15 is 0 Å². The predicted octanol–water partition coefficient (Wildman–Crippen LogP) is 2.44. The molecule has 108 valence electrons. The van der Waals surface area contributed by atoms with Gasteiger partial charge in [-0.3, -0.25) is 4.79 Å². The summed E-state index contributed by atoms with van der Waals surface area (Å²) in [5.74, 6) is 0.492. The van der Waals surface area contributed by atoms with Gasteiger partial charge in [0.05, 0.1) is 17.4 Å². The number of aliphatic hydroxyl groups is 1. The normalized spacial score (nSPS) is 11.7. The van der Waals surface area contributed by atoms with Crippen LogP contribution in [0, 0.1) is 17.2 Å². The van der Waals surface area contributed by atoms with E-state index in [2.05, 4.69) is 11.4 Å². The Morgan fingerprint density at radius 1 is 1.50 bits per heavy atom. The van der Waals surface area contributed by atoms with E-state index in [1.807, 2.05) is 25.1 Å². The van der Waals surface area contributed by atoms with Crippen molar-refractivity contribution in [3.63, 3.8) is 0 Å². The molecule has 0 aliphatic carbocycles. The fourth-order valence-corrected chi connectivity index (χ4v) is 2.44. The smallest absolute Gasteiger partial charge is 0.252 e. The van der Waals surface area contributed by atoms with Crippen LogP contribution in [0.15, 0.2) is 29.2 Å². The number of benzene rings is 1. The average molecular weight is 292 g/mol. The third-order valence-electron chi connectivity index (χ3n) is 2.89. The molecule has 1 amide bonds. The standard InChI is InChI=1S/C15H20N2O2S/c1-12(11-18)5-4-9-17-15(19)13-6-2-3-7-14(13)20-10-8-16/h2-3,6-7,12,18H,4-5,9-11H2,1H3,(H,17,19). The minimum atomic E-state index is -0.109. The number of carbonyl (C=O) groups excluding carboxylic acids is 1. The summed E-state index contributed by atoms with van der Waals surface area (Å²) in [5.41, 5.74) is 0.614. The van der Waals surface area contributed by atoms with Crippen molar-refractivity contribution in [3.8, 4) is 6.07 Å². The molecule has 0 aliphatic rings. The number of carbonyl (C=O) groups is 1. The second-order valence-electron chi connectivity index (χ2n) is 4.63. The summed E-state index contributed by atoms with van der Waals surface area (Å²) < 4.78 is 0. The first-order valence-electron chi connectivity index (χ1n) is 6.67. The van der Waals surface area contributed by atoms with Crippen molar-refractivity contribution < 1.29 is 9.90 Å². The summed E-state index contributed by atoms with van der Waals surface area (Å²) in [7, 11) is 0. The molecule has 1 unspecified atom stereocenters. The lowest BCUT2D eigenvalue weighted by Crippen LogP contribution is -2.25. The molecule has 1 aromatic rings. The van der Waals surface area contributed by atoms with Crippen molar-refractivity contribution in [1.29, 1.82) is 5.26 Å². The summed E-state index contributed by atoms with van der Waals surface area (Å²) in [5, 5.41) is 20.4. The van der Waals surface area contributed by atoms with Gasteiger partial charge in [0.1, 0.15) is 0 Å². The maximum Gasteiger partial charge on any atom is 0.252 e. The molecule has 20 heavy (non-hydrogen) atoms. The van der Waals surface area contributed by atoms with Crippen LogP contribution in [0.25, 0.3) is 0 Å². The number of nitriles is 1. The van der Waals surface area contributed by atoms with Crippen molar-refractivity contribution in [2.24, 2.45) is 5.92 Å². The van der Waals surface area contributed by atoms with Crippen LogP contribution in [0.3, 0.4) is 0 Å². The summed E-state index contributed by atoms with van der Waals surface area (Å²) in [4.78, 5) is 12.9. The maximum atomic E-state index is 12.1. The van der Waals surface area contributed by atoms with Crippen molar-refractivity contribution in [1.82, 2.24) is 5.32 Å². The Labute approximate surface area is 124 Å². The first kappa shape index (κ1) is 16.5. The van der Waals surface area contributed by atoms with Gasteiger partial charge in [-0.15, -0.1) is 11.8 Å². The molecule has 5 heteroatoms. The summed E-state index contributed by atoms with van der Waals surface area (Å²) in [6.45, 7) is 2.76. The van der Waals surface area contributed by atoms with Gasteiger partial charge in [-0.2, -0.15) is 5.26 Å². The van der Waals surface area contributed by atoms with Gasteiger partial charge in [0.25, 0.3) is 5.91 Å². The van der Waals surface area contributed by atoms with E-state index in [0.29, 0.717) is 17.9 Å². The Morgan fingerprint density at radius 2 is 2.25 bits per heavy atom. The van der Waals surface area contributed by atoms with Gasteiger partial charge < -0.3 is 10.4 Å². The van der Waals surface area contributed by atoms with Crippen LogP contribution in [0.5, 0.6) is 0 Å². The van der Waals surface area contributed by atoms with E-state index in [1.165, 1.54) is 11.8 Å². The van der Waals surface area contributed by atoms with Gasteiger partial charge in [-0.1, -0.05) is 19.1 Å². The molecular formula is C15H20N2O2S. The zero-order valence-corrected chi connectivity index (χ0v) is 12.4. The van der Waals surface area contributed by atoms with Crippen LogP contribution < -0.4 is 5.32 Å². The third-order valence-corrected chi connectivity index (χ3v) is 3.84. The lowest BCUT2D eigenvalue weighted by molar-refractivity contribution is 0.0949. The van der Waals surface area contributed by atoms with Gasteiger partial charge in [0.2, 0.25) is 0 Å². The van der Waals surface area contributed by atoms with E-state index in [0.717, 1.165) is 17.7 Å². The van der Waals surface area contributed by atoms with Gasteiger partial charge in [0, 0.05) is 18.0 Å². The zero-order valence-electron chi connectivity index (χ0n) is 11.6. The van der Waals surface area contributed by atoms with Crippen molar-refractivity contribution in [3.05, 3.63) is 29.8 Å². The number of hydrogen-bond donors (Lipinski definition) is 2. The highest BCUT2D eigenvalue weighted by molar-refractivity contribution is 7.99. The topological polar surface area (TPSA) is 73.1 Å². The number of amides is 1. The fraction of sp³-hybridized carbons (Fsp3) is 0.467. The molecule has 0 saturated carbocycles. The number of nitrogens with one attached hydrogen (secondary N) is 1. The third kappa shape index (κ3) is 5.64. The predicted molar refractivity (Wildman–Crippen MR) is 80.6 cm³/mol. The molecule has 0 aromatic heterocycles. The Kier molecular flexibility index (Phi) is 7.78. The Bertz CT molecular complexity index is 471. The minimum absolute atomic E-state index is 0.109. The molecule has 1 aromatic carbocycles. The number of rotatable bonds is 8. The van der Waals surface area contributed by atoms with E-state index in [-0.39, 0.29) is 18.4 Å². The van der Waals surface area contributed by atoms with Gasteiger partial charge in [-0.25, -0.2) is 0 Å². The SMILES string of the molecule is CC(CO)CCCNC(=O)c1ccccc1SCC#N. The molecule has 0 heterocycles. The molecule has 1 rings (SSSR count). The fourth-order valence-electron chi connectivity index (χ4n) is 1.73. The quantitative estimate of drug-likeness (QED) is 0.570. The van der Waals surface area contributed by atoms with Gasteiger partial charge in [-0.05, 0) is 30.9 Å². The maximum absolute atomic E-state index is 12.1. The first-order chi connectivity index (χ1) is 9.69. The largest absolute Gasteiger partial charge is 0.396 e. The zero-order chi connectivity index (χ0) is 14.8. The number of aliphatic hydroxyl groups excluding tert-OH is 1. The molecule has 0 fully saturated rings. The van der Waals surface area contributed by atoms with Crippen molar-refractivity contribution in [2.75, 3.05) is 18.9 Å². The van der Waals surface area contributed by atoms with Gasteiger partial charge >= 0.3 is 0 Å². The highest BCUT2D eigenvalue weighted by Crippen LogP contribution is 2.22. The second kappa shape index (κ2) is 9.40. The number of nitrogens with zero attached hydrogens (tertiary/aromatic N) is 1. The first-order valence-corrected chi connectivity index (χ1v) is 7.65. The molecule has 0 saturated heterocycles. The summed E-state index contributed by atoms with van der Waals surface area (Å²) in [6, 6.07) is 9.36. The van der Waals surface area contributed by atoms with Gasteiger partial charge in [0.15, 0.2) is 0 Å². The molecule has 1 atom stereocenters. The average Bonchev–Trinajstić information content (AvgIpc) is 2.49. The summed E-state index contributed by atoms with van der Waals surface area (Å²) >= 11 is 1.37. The summed E-state index contributed by atoms with van der Waals surface area (Å²) in [6.07, 6.45) is 1.74. The monoisotopic (exact) mass is 292 g/mol. The molecule has 0 radical (unpaired) electrons. The minimum Gasteiger partial charge on any atom is -0.396 e. The molecule has 0 spiro atoms. The Hall–Kier alpha value is -1.51. The molecule has 2 N–H and O–H groups in total. The number of hydrogen-bond acceptors (Lipinski definition) is 4. The van der Waals surface area contributed by atoms with E-state index < -0.39 is 0 Å². The lowest BCUT2D eigenvalue weighted by Gasteiger charge is -2.10. The second-order valence-corrected chi connectivity index (χ2v) is 5.65. The van der Waals surface area contributed by atoms with E-state index in [4.69, 9.17) is 10.4 Å². The highest BCUT2D eigenvalue weighted by atomic mass is 32.2. The molecule has 4 nitrogen and oxygen atoms in total. The lowest BCUT2D eigenvalue weighted by atomic mass is 10.1. The Balaban J connectivity index is 2.49. The molecule has 0 aliphatic heterocycles. The van der Waals surface area contributed by atoms with Crippen LogP contribution >= 0.6 is 11.8 Å². The Morgan fingerprint density at radius 3 is 2.95 bits per heavy atom. The van der Waals surface area contributed by atoms with Crippen LogP contribution in [0.1, 0.15) is 30.1 Å². The molecular weight excluding hydrogens is 272 g/mol. The van der Waals surface area contributed by atoms with E-state index in [1.54, 1.807) is 6.07 Å².